The minimum absolute atomic E-state index is 0.449. The predicted octanol–water partition coefficient (Wildman–Crippen LogP) is 3.17. The molecule has 1 unspecified atom stereocenters. The Bertz CT molecular complexity index is 555. The van der Waals surface area contributed by atoms with Crippen molar-refractivity contribution in [1.82, 2.24) is 0 Å². The molecular formula is C16H14Se. The molecule has 0 bridgehead atoms. The third-order valence-corrected chi connectivity index (χ3v) is 5.57. The van der Waals surface area contributed by atoms with Crippen molar-refractivity contribution in [1.29, 1.82) is 0 Å². The average molecular weight is 285 g/mol. The zero-order chi connectivity index (χ0) is 11.7. The molecule has 3 rings (SSSR count). The van der Waals surface area contributed by atoms with E-state index in [1.165, 1.54) is 20.1 Å². The van der Waals surface area contributed by atoms with Gasteiger partial charge in [0.25, 0.3) is 0 Å². The van der Waals surface area contributed by atoms with Crippen LogP contribution in [0.5, 0.6) is 0 Å². The van der Waals surface area contributed by atoms with Gasteiger partial charge in [-0.3, -0.25) is 0 Å². The summed E-state index contributed by atoms with van der Waals surface area (Å²) in [4.78, 5) is 0. The van der Waals surface area contributed by atoms with E-state index in [-0.39, 0.29) is 0 Å². The van der Waals surface area contributed by atoms with Crippen molar-refractivity contribution in [3.8, 4) is 0 Å². The molecule has 1 aliphatic rings. The molecule has 84 valence electrons. The van der Waals surface area contributed by atoms with E-state index in [0.29, 0.717) is 20.9 Å². The Morgan fingerprint density at radius 1 is 0.882 bits per heavy atom. The van der Waals surface area contributed by atoms with Gasteiger partial charge in [-0.1, -0.05) is 0 Å². The Kier molecular flexibility index (Phi) is 2.88. The van der Waals surface area contributed by atoms with Crippen LogP contribution in [0.15, 0.2) is 60.7 Å². The maximum absolute atomic E-state index is 2.43. The molecule has 0 nitrogen and oxygen atoms in total. The van der Waals surface area contributed by atoms with Gasteiger partial charge in [0.1, 0.15) is 0 Å². The number of hydrogen-bond acceptors (Lipinski definition) is 0. The van der Waals surface area contributed by atoms with Crippen LogP contribution >= 0.6 is 0 Å². The molecule has 0 spiro atoms. The zero-order valence-corrected chi connectivity index (χ0v) is 11.5. The van der Waals surface area contributed by atoms with E-state index in [1.54, 1.807) is 0 Å². The van der Waals surface area contributed by atoms with Crippen molar-refractivity contribution in [2.24, 2.45) is 0 Å². The summed E-state index contributed by atoms with van der Waals surface area (Å²) in [6, 6.07) is 19.6. The van der Waals surface area contributed by atoms with Gasteiger partial charge in [-0.2, -0.15) is 0 Å². The van der Waals surface area contributed by atoms with Gasteiger partial charge >= 0.3 is 109 Å². The fourth-order valence-corrected chi connectivity index (χ4v) is 4.87. The van der Waals surface area contributed by atoms with Crippen LogP contribution in [0.4, 0.5) is 0 Å². The van der Waals surface area contributed by atoms with Gasteiger partial charge < -0.3 is 0 Å². The molecule has 1 aliphatic heterocycles. The van der Waals surface area contributed by atoms with Gasteiger partial charge in [0, 0.05) is 0 Å². The topological polar surface area (TPSA) is 0 Å². The molecular weight excluding hydrogens is 271 g/mol. The predicted molar refractivity (Wildman–Crippen MR) is 74.7 cm³/mol. The maximum atomic E-state index is 2.43. The van der Waals surface area contributed by atoms with Gasteiger partial charge in [0.15, 0.2) is 0 Å². The minimum atomic E-state index is 0.449. The summed E-state index contributed by atoms with van der Waals surface area (Å²) >= 11 is 0.449. The van der Waals surface area contributed by atoms with Crippen molar-refractivity contribution in [3.05, 3.63) is 71.8 Å². The molecule has 0 fully saturated rings. The van der Waals surface area contributed by atoms with E-state index in [9.17, 15) is 0 Å². The molecule has 1 heteroatoms. The van der Waals surface area contributed by atoms with E-state index in [1.807, 2.05) is 0 Å². The van der Waals surface area contributed by atoms with E-state index >= 15 is 0 Å². The molecule has 17 heavy (non-hydrogen) atoms. The first-order valence-electron chi connectivity index (χ1n) is 5.88. The first-order valence-corrected chi connectivity index (χ1v) is 7.60. The fraction of sp³-hybridized carbons (Fsp3) is 0.125. The van der Waals surface area contributed by atoms with Gasteiger partial charge in [-0.15, -0.1) is 0 Å². The van der Waals surface area contributed by atoms with Crippen LogP contribution in [-0.2, 0) is 0 Å². The van der Waals surface area contributed by atoms with Crippen LogP contribution in [-0.4, -0.2) is 15.0 Å². The summed E-state index contributed by atoms with van der Waals surface area (Å²) in [5.41, 5.74) is 2.89. The first-order chi connectivity index (χ1) is 8.34. The number of benzene rings is 2. The van der Waals surface area contributed by atoms with Gasteiger partial charge in [0.2, 0.25) is 0 Å². The molecule has 2 aromatic rings. The Balaban J connectivity index is 2.02. The molecule has 0 radical (unpaired) electrons. The molecule has 0 saturated carbocycles. The van der Waals surface area contributed by atoms with Crippen LogP contribution in [0.3, 0.4) is 0 Å². The van der Waals surface area contributed by atoms with Crippen LogP contribution in [0, 0.1) is 0 Å². The van der Waals surface area contributed by atoms with Crippen molar-refractivity contribution in [2.75, 3.05) is 0 Å². The summed E-state index contributed by atoms with van der Waals surface area (Å²) in [7, 11) is 0. The molecule has 0 amide bonds. The molecule has 0 aliphatic carbocycles. The summed E-state index contributed by atoms with van der Waals surface area (Å²) in [6.07, 6.45) is 2.43. The summed E-state index contributed by atoms with van der Waals surface area (Å²) in [6.45, 7) is 2.29. The van der Waals surface area contributed by atoms with E-state index in [4.69, 9.17) is 0 Å². The number of rotatable bonds is 1. The number of hydrogen-bond donors (Lipinski definition) is 0. The molecule has 1 heterocycles. The Labute approximate surface area is 109 Å². The SMILES string of the molecule is CC1C=C(c2ccccc2)[Se]c2ccccc21. The zero-order valence-electron chi connectivity index (χ0n) is 9.76. The van der Waals surface area contributed by atoms with Gasteiger partial charge in [-0.05, 0) is 0 Å². The van der Waals surface area contributed by atoms with Crippen molar-refractivity contribution < 1.29 is 0 Å². The van der Waals surface area contributed by atoms with Gasteiger partial charge in [0.05, 0.1) is 0 Å². The van der Waals surface area contributed by atoms with Crippen molar-refractivity contribution >= 4 is 23.9 Å². The normalized spacial score (nSPS) is 18.4. The van der Waals surface area contributed by atoms with Crippen LogP contribution in [0.2, 0.25) is 0 Å². The Morgan fingerprint density at radius 3 is 2.41 bits per heavy atom. The van der Waals surface area contributed by atoms with Crippen LogP contribution in [0.1, 0.15) is 24.0 Å². The summed E-state index contributed by atoms with van der Waals surface area (Å²) < 4.78 is 3.05. The molecule has 1 atom stereocenters. The van der Waals surface area contributed by atoms with Crippen LogP contribution in [0.25, 0.3) is 4.47 Å². The summed E-state index contributed by atoms with van der Waals surface area (Å²) in [5.74, 6) is 0.539. The molecule has 2 aromatic carbocycles. The first kappa shape index (κ1) is 10.8. The second-order valence-corrected chi connectivity index (χ2v) is 6.60. The third-order valence-electron chi connectivity index (χ3n) is 3.09. The monoisotopic (exact) mass is 286 g/mol. The Hall–Kier alpha value is -1.30. The number of allylic oxidation sites excluding steroid dienone is 1. The molecule has 0 aromatic heterocycles. The second-order valence-electron chi connectivity index (χ2n) is 4.33. The van der Waals surface area contributed by atoms with E-state index in [0.717, 1.165) is 0 Å². The van der Waals surface area contributed by atoms with Crippen molar-refractivity contribution in [2.45, 2.75) is 12.8 Å². The number of fused-ring (bicyclic) bond motifs is 1. The Morgan fingerprint density at radius 2 is 1.59 bits per heavy atom. The standard InChI is InChI=1S/C16H14Se/c1-12-11-16(13-7-3-2-4-8-13)17-15-10-6-5-9-14(12)15/h2-12H,1H3. The second kappa shape index (κ2) is 4.52. The summed E-state index contributed by atoms with van der Waals surface area (Å²) in [5, 5.41) is 0. The third kappa shape index (κ3) is 2.09. The van der Waals surface area contributed by atoms with Crippen LogP contribution < -0.4 is 4.46 Å². The molecule has 0 saturated heterocycles. The van der Waals surface area contributed by atoms with Crippen molar-refractivity contribution in [3.63, 3.8) is 0 Å². The van der Waals surface area contributed by atoms with Gasteiger partial charge in [-0.25, -0.2) is 0 Å². The van der Waals surface area contributed by atoms with E-state index < -0.39 is 0 Å². The van der Waals surface area contributed by atoms with E-state index in [2.05, 4.69) is 67.6 Å². The quantitative estimate of drug-likeness (QED) is 0.706. The fourth-order valence-electron chi connectivity index (χ4n) is 2.18. The average Bonchev–Trinajstić information content (AvgIpc) is 2.40. The molecule has 0 N–H and O–H groups in total.